The van der Waals surface area contributed by atoms with Crippen LogP contribution in [0.2, 0.25) is 0 Å². The van der Waals surface area contributed by atoms with Gasteiger partial charge in [0.15, 0.2) is 11.5 Å². The summed E-state index contributed by atoms with van der Waals surface area (Å²) in [4.78, 5) is 0.115. The maximum atomic E-state index is 12.6. The lowest BCUT2D eigenvalue weighted by atomic mass is 10.3. The van der Waals surface area contributed by atoms with Crippen molar-refractivity contribution in [1.82, 2.24) is 8.61 Å². The van der Waals surface area contributed by atoms with Crippen molar-refractivity contribution in [3.63, 3.8) is 0 Å². The number of piperazine rings is 1. The lowest BCUT2D eigenvalue weighted by Crippen LogP contribution is -2.50. The lowest BCUT2D eigenvalue weighted by molar-refractivity contribution is 0.174. The predicted octanol–water partition coefficient (Wildman–Crippen LogP) is -0.319. The molecule has 0 saturated carbocycles. The van der Waals surface area contributed by atoms with Crippen LogP contribution in [0.25, 0.3) is 0 Å². The fraction of sp³-hybridized carbons (Fsp3) is 0.500. The van der Waals surface area contributed by atoms with Gasteiger partial charge in [-0.25, -0.2) is 16.8 Å². The van der Waals surface area contributed by atoms with Crippen molar-refractivity contribution >= 4 is 20.0 Å². The largest absolute Gasteiger partial charge is 0.454 e. The number of nitrogens with zero attached hydrogens (tertiary/aromatic N) is 2. The number of fused-ring (bicyclic) bond motifs is 1. The van der Waals surface area contributed by atoms with Gasteiger partial charge in [0.05, 0.1) is 11.2 Å². The second-order valence-corrected chi connectivity index (χ2v) is 9.00. The van der Waals surface area contributed by atoms with Crippen LogP contribution in [0.5, 0.6) is 11.5 Å². The highest BCUT2D eigenvalue weighted by Gasteiger charge is 2.32. The molecule has 1 fully saturated rings. The maximum Gasteiger partial charge on any atom is 0.243 e. The van der Waals surface area contributed by atoms with E-state index in [1.165, 1.54) is 20.7 Å². The molecule has 0 N–H and O–H groups in total. The van der Waals surface area contributed by atoms with E-state index in [0.29, 0.717) is 11.5 Å². The summed E-state index contributed by atoms with van der Waals surface area (Å²) in [6, 6.07) is 4.45. The molecule has 0 aliphatic carbocycles. The topological polar surface area (TPSA) is 93.2 Å². The molecule has 122 valence electrons. The molecule has 0 unspecified atom stereocenters. The molecule has 0 aromatic heterocycles. The SMILES string of the molecule is CS(=O)(=O)N1CCN(S(=O)(=O)c2ccc3c(c2)OCO3)CC1. The second-order valence-electron chi connectivity index (χ2n) is 5.08. The monoisotopic (exact) mass is 348 g/mol. The van der Waals surface area contributed by atoms with Crippen LogP contribution in [0.3, 0.4) is 0 Å². The Balaban J connectivity index is 1.80. The van der Waals surface area contributed by atoms with Gasteiger partial charge in [-0.05, 0) is 12.1 Å². The van der Waals surface area contributed by atoms with Crippen LogP contribution in [-0.2, 0) is 20.0 Å². The molecular formula is C12H16N2O6S2. The molecule has 2 heterocycles. The number of sulfonamides is 2. The van der Waals surface area contributed by atoms with Gasteiger partial charge < -0.3 is 9.47 Å². The quantitative estimate of drug-likeness (QED) is 0.743. The molecule has 3 rings (SSSR count). The standard InChI is InChI=1S/C12H16N2O6S2/c1-21(15,16)13-4-6-14(7-5-13)22(17,18)10-2-3-11-12(8-10)20-9-19-11/h2-3,8H,4-7,9H2,1H3. The van der Waals surface area contributed by atoms with Crippen LogP contribution >= 0.6 is 0 Å². The molecule has 0 radical (unpaired) electrons. The van der Waals surface area contributed by atoms with E-state index in [-0.39, 0.29) is 37.9 Å². The van der Waals surface area contributed by atoms with E-state index >= 15 is 0 Å². The number of hydrogen-bond acceptors (Lipinski definition) is 6. The van der Waals surface area contributed by atoms with E-state index in [4.69, 9.17) is 9.47 Å². The van der Waals surface area contributed by atoms with E-state index in [2.05, 4.69) is 0 Å². The van der Waals surface area contributed by atoms with Crippen molar-refractivity contribution in [2.45, 2.75) is 4.90 Å². The summed E-state index contributed by atoms with van der Waals surface area (Å²) in [5.74, 6) is 0.914. The van der Waals surface area contributed by atoms with Crippen molar-refractivity contribution in [3.05, 3.63) is 18.2 Å². The third-order valence-electron chi connectivity index (χ3n) is 3.65. The van der Waals surface area contributed by atoms with Crippen molar-refractivity contribution in [3.8, 4) is 11.5 Å². The summed E-state index contributed by atoms with van der Waals surface area (Å²) < 4.78 is 61.1. The average molecular weight is 348 g/mol. The van der Waals surface area contributed by atoms with Crippen LogP contribution in [-0.4, -0.2) is 64.7 Å². The Bertz CT molecular complexity index is 782. The molecule has 0 bridgehead atoms. The molecule has 0 spiro atoms. The summed E-state index contributed by atoms with van der Waals surface area (Å²) in [7, 11) is -6.97. The highest BCUT2D eigenvalue weighted by molar-refractivity contribution is 7.89. The smallest absolute Gasteiger partial charge is 0.243 e. The highest BCUT2D eigenvalue weighted by Crippen LogP contribution is 2.34. The van der Waals surface area contributed by atoms with E-state index in [9.17, 15) is 16.8 Å². The van der Waals surface area contributed by atoms with Crippen molar-refractivity contribution in [2.75, 3.05) is 39.2 Å². The molecule has 22 heavy (non-hydrogen) atoms. The van der Waals surface area contributed by atoms with Crippen LogP contribution in [0.4, 0.5) is 0 Å². The Kier molecular flexibility index (Phi) is 3.79. The Morgan fingerprint density at radius 2 is 1.50 bits per heavy atom. The molecule has 0 atom stereocenters. The van der Waals surface area contributed by atoms with Crippen LogP contribution in [0.1, 0.15) is 0 Å². The van der Waals surface area contributed by atoms with E-state index in [1.807, 2.05) is 0 Å². The number of benzene rings is 1. The van der Waals surface area contributed by atoms with Crippen molar-refractivity contribution in [1.29, 1.82) is 0 Å². The van der Waals surface area contributed by atoms with Gasteiger partial charge in [-0.1, -0.05) is 0 Å². The minimum atomic E-state index is -3.68. The van der Waals surface area contributed by atoms with Crippen LogP contribution in [0, 0.1) is 0 Å². The first-order valence-corrected chi connectivity index (χ1v) is 9.92. The highest BCUT2D eigenvalue weighted by atomic mass is 32.2. The van der Waals surface area contributed by atoms with Gasteiger partial charge in [0, 0.05) is 32.2 Å². The Labute approximate surface area is 129 Å². The zero-order chi connectivity index (χ0) is 16.0. The summed E-state index contributed by atoms with van der Waals surface area (Å²) in [5.41, 5.74) is 0. The number of ether oxygens (including phenoxy) is 2. The van der Waals surface area contributed by atoms with Gasteiger partial charge in [-0.3, -0.25) is 0 Å². The van der Waals surface area contributed by atoms with Crippen molar-refractivity contribution in [2.24, 2.45) is 0 Å². The number of hydrogen-bond donors (Lipinski definition) is 0. The third-order valence-corrected chi connectivity index (χ3v) is 6.85. The fourth-order valence-electron chi connectivity index (χ4n) is 2.43. The van der Waals surface area contributed by atoms with Gasteiger partial charge in [0.2, 0.25) is 26.8 Å². The fourth-order valence-corrected chi connectivity index (χ4v) is 4.69. The molecule has 10 heteroatoms. The molecule has 2 aliphatic heterocycles. The third kappa shape index (κ3) is 2.78. The molecule has 1 saturated heterocycles. The van der Waals surface area contributed by atoms with Crippen molar-refractivity contribution < 1.29 is 26.3 Å². The molecule has 1 aromatic carbocycles. The summed E-state index contributed by atoms with van der Waals surface area (Å²) in [6.45, 7) is 0.644. The molecular weight excluding hydrogens is 332 g/mol. The number of rotatable bonds is 3. The first kappa shape index (κ1) is 15.5. The second kappa shape index (κ2) is 5.37. The van der Waals surface area contributed by atoms with Crippen LogP contribution < -0.4 is 9.47 Å². The van der Waals surface area contributed by atoms with Gasteiger partial charge in [-0.15, -0.1) is 0 Å². The lowest BCUT2D eigenvalue weighted by Gasteiger charge is -2.32. The zero-order valence-corrected chi connectivity index (χ0v) is 13.6. The van der Waals surface area contributed by atoms with Gasteiger partial charge in [-0.2, -0.15) is 8.61 Å². The minimum Gasteiger partial charge on any atom is -0.454 e. The Morgan fingerprint density at radius 1 is 0.909 bits per heavy atom. The molecule has 0 amide bonds. The van der Waals surface area contributed by atoms with E-state index < -0.39 is 20.0 Å². The zero-order valence-electron chi connectivity index (χ0n) is 11.9. The maximum absolute atomic E-state index is 12.6. The molecule has 1 aromatic rings. The Hall–Kier alpha value is -1.36. The van der Waals surface area contributed by atoms with Crippen LogP contribution in [0.15, 0.2) is 23.1 Å². The normalized spacial score (nSPS) is 20.2. The predicted molar refractivity (Wildman–Crippen MR) is 77.7 cm³/mol. The average Bonchev–Trinajstić information content (AvgIpc) is 2.94. The van der Waals surface area contributed by atoms with E-state index in [1.54, 1.807) is 6.07 Å². The van der Waals surface area contributed by atoms with Gasteiger partial charge in [0.25, 0.3) is 0 Å². The summed E-state index contributed by atoms with van der Waals surface area (Å²) in [5, 5.41) is 0. The minimum absolute atomic E-state index is 0.0753. The van der Waals surface area contributed by atoms with Gasteiger partial charge >= 0.3 is 0 Å². The summed E-state index contributed by atoms with van der Waals surface area (Å²) in [6.07, 6.45) is 1.12. The first-order valence-electron chi connectivity index (χ1n) is 6.63. The summed E-state index contributed by atoms with van der Waals surface area (Å²) >= 11 is 0. The molecule has 2 aliphatic rings. The Morgan fingerprint density at radius 3 is 2.14 bits per heavy atom. The van der Waals surface area contributed by atoms with Gasteiger partial charge in [0.1, 0.15) is 0 Å². The first-order chi connectivity index (χ1) is 10.3. The van der Waals surface area contributed by atoms with E-state index in [0.717, 1.165) is 6.26 Å². The molecule has 8 nitrogen and oxygen atoms in total.